The van der Waals surface area contributed by atoms with Gasteiger partial charge in [0.25, 0.3) is 0 Å². The SMILES string of the molecule is COc1ccc2cccc(CCn3nnnc3CCn3cccn3)c2c1. The maximum Gasteiger partial charge on any atom is 0.153 e. The Morgan fingerprint density at radius 1 is 1.04 bits per heavy atom. The summed E-state index contributed by atoms with van der Waals surface area (Å²) >= 11 is 0. The predicted octanol–water partition coefficient (Wildman–Crippen LogP) is 2.52. The van der Waals surface area contributed by atoms with Gasteiger partial charge in [0.2, 0.25) is 0 Å². The van der Waals surface area contributed by atoms with E-state index in [1.54, 1.807) is 13.3 Å². The minimum Gasteiger partial charge on any atom is -0.497 e. The van der Waals surface area contributed by atoms with Gasteiger partial charge in [-0.05, 0) is 51.4 Å². The van der Waals surface area contributed by atoms with Crippen LogP contribution in [0.1, 0.15) is 11.4 Å². The first-order valence-corrected chi connectivity index (χ1v) is 8.61. The highest BCUT2D eigenvalue weighted by atomic mass is 16.5. The van der Waals surface area contributed by atoms with Crippen molar-refractivity contribution in [3.05, 3.63) is 66.2 Å². The van der Waals surface area contributed by atoms with Gasteiger partial charge in [0.15, 0.2) is 5.82 Å². The molecule has 0 saturated heterocycles. The minimum absolute atomic E-state index is 0.734. The smallest absolute Gasteiger partial charge is 0.153 e. The van der Waals surface area contributed by atoms with Crippen molar-refractivity contribution in [3.63, 3.8) is 0 Å². The van der Waals surface area contributed by atoms with Crippen molar-refractivity contribution in [2.45, 2.75) is 25.9 Å². The van der Waals surface area contributed by atoms with E-state index in [-0.39, 0.29) is 0 Å². The van der Waals surface area contributed by atoms with Crippen LogP contribution in [0.2, 0.25) is 0 Å². The topological polar surface area (TPSA) is 70.7 Å². The highest BCUT2D eigenvalue weighted by molar-refractivity contribution is 5.87. The molecule has 132 valence electrons. The van der Waals surface area contributed by atoms with Crippen molar-refractivity contribution >= 4 is 10.8 Å². The van der Waals surface area contributed by atoms with Gasteiger partial charge in [0, 0.05) is 31.9 Å². The van der Waals surface area contributed by atoms with Crippen molar-refractivity contribution in [1.29, 1.82) is 0 Å². The molecule has 0 aliphatic carbocycles. The fourth-order valence-electron chi connectivity index (χ4n) is 3.11. The summed E-state index contributed by atoms with van der Waals surface area (Å²) in [5.74, 6) is 1.74. The Morgan fingerprint density at radius 2 is 2.00 bits per heavy atom. The summed E-state index contributed by atoms with van der Waals surface area (Å²) in [6.45, 7) is 1.50. The summed E-state index contributed by atoms with van der Waals surface area (Å²) in [7, 11) is 1.69. The molecular formula is C19H20N6O. The molecule has 0 amide bonds. The third-order valence-electron chi connectivity index (χ3n) is 4.50. The van der Waals surface area contributed by atoms with E-state index in [1.165, 1.54) is 16.3 Å². The maximum atomic E-state index is 5.37. The number of benzene rings is 2. The molecule has 26 heavy (non-hydrogen) atoms. The standard InChI is InChI=1S/C19H20N6O/c1-26-17-7-6-15-4-2-5-16(18(15)14-17)8-13-25-19(21-22-23-25)9-12-24-11-3-10-20-24/h2-7,10-11,14H,8-9,12-13H2,1H3. The van der Waals surface area contributed by atoms with Gasteiger partial charge in [-0.1, -0.05) is 24.3 Å². The number of nitrogens with zero attached hydrogens (tertiary/aromatic N) is 6. The molecule has 0 radical (unpaired) electrons. The zero-order valence-electron chi connectivity index (χ0n) is 14.6. The average Bonchev–Trinajstić information content (AvgIpc) is 3.35. The molecule has 0 aliphatic heterocycles. The van der Waals surface area contributed by atoms with Crippen molar-refractivity contribution in [2.75, 3.05) is 7.11 Å². The molecule has 2 heterocycles. The van der Waals surface area contributed by atoms with E-state index in [1.807, 2.05) is 27.7 Å². The summed E-state index contributed by atoms with van der Waals surface area (Å²) in [6.07, 6.45) is 5.32. The van der Waals surface area contributed by atoms with Crippen molar-refractivity contribution in [2.24, 2.45) is 0 Å². The molecular weight excluding hydrogens is 328 g/mol. The van der Waals surface area contributed by atoms with Gasteiger partial charge in [-0.3, -0.25) is 4.68 Å². The van der Waals surface area contributed by atoms with Gasteiger partial charge in [-0.25, -0.2) is 4.68 Å². The van der Waals surface area contributed by atoms with Crippen LogP contribution in [0.5, 0.6) is 5.75 Å². The molecule has 0 saturated carbocycles. The van der Waals surface area contributed by atoms with Crippen LogP contribution in [0.3, 0.4) is 0 Å². The number of methoxy groups -OCH3 is 1. The van der Waals surface area contributed by atoms with Gasteiger partial charge in [0.05, 0.1) is 7.11 Å². The van der Waals surface area contributed by atoms with E-state index >= 15 is 0 Å². The molecule has 0 aliphatic rings. The van der Waals surface area contributed by atoms with Gasteiger partial charge < -0.3 is 4.74 Å². The second-order valence-electron chi connectivity index (χ2n) is 6.09. The van der Waals surface area contributed by atoms with Crippen LogP contribution in [-0.2, 0) is 25.9 Å². The highest BCUT2D eigenvalue weighted by Crippen LogP contribution is 2.24. The quantitative estimate of drug-likeness (QED) is 0.513. The first kappa shape index (κ1) is 16.3. The molecule has 7 nitrogen and oxygen atoms in total. The fraction of sp³-hybridized carbons (Fsp3) is 0.263. The summed E-state index contributed by atoms with van der Waals surface area (Å²) in [5.41, 5.74) is 1.26. The Morgan fingerprint density at radius 3 is 2.85 bits per heavy atom. The monoisotopic (exact) mass is 348 g/mol. The number of aromatic nitrogens is 6. The molecule has 2 aromatic heterocycles. The minimum atomic E-state index is 0.734. The number of fused-ring (bicyclic) bond motifs is 1. The van der Waals surface area contributed by atoms with Crippen LogP contribution in [-0.4, -0.2) is 37.1 Å². The lowest BCUT2D eigenvalue weighted by atomic mass is 10.0. The van der Waals surface area contributed by atoms with Crippen molar-refractivity contribution < 1.29 is 4.74 Å². The molecule has 7 heteroatoms. The van der Waals surface area contributed by atoms with Crippen molar-refractivity contribution in [1.82, 2.24) is 30.0 Å². The van der Waals surface area contributed by atoms with Gasteiger partial charge in [0.1, 0.15) is 5.75 Å². The van der Waals surface area contributed by atoms with E-state index in [0.29, 0.717) is 0 Å². The van der Waals surface area contributed by atoms with Crippen LogP contribution in [0, 0.1) is 0 Å². The Kier molecular flexibility index (Phi) is 4.59. The Balaban J connectivity index is 1.49. The zero-order valence-corrected chi connectivity index (χ0v) is 14.6. The fourth-order valence-corrected chi connectivity index (χ4v) is 3.11. The predicted molar refractivity (Wildman–Crippen MR) is 98.0 cm³/mol. The van der Waals surface area contributed by atoms with E-state index < -0.39 is 0 Å². The first-order chi connectivity index (χ1) is 12.8. The molecule has 0 bridgehead atoms. The Hall–Kier alpha value is -3.22. The molecule has 0 fully saturated rings. The largest absolute Gasteiger partial charge is 0.497 e. The molecule has 2 aromatic carbocycles. The number of ether oxygens (including phenoxy) is 1. The number of hydrogen-bond acceptors (Lipinski definition) is 5. The van der Waals surface area contributed by atoms with E-state index in [4.69, 9.17) is 4.74 Å². The van der Waals surface area contributed by atoms with Crippen LogP contribution >= 0.6 is 0 Å². The number of rotatable bonds is 7. The van der Waals surface area contributed by atoms with Crippen LogP contribution in [0.15, 0.2) is 54.9 Å². The van der Waals surface area contributed by atoms with Gasteiger partial charge in [-0.2, -0.15) is 5.10 Å². The van der Waals surface area contributed by atoms with E-state index in [9.17, 15) is 0 Å². The number of tetrazole rings is 1. The average molecular weight is 348 g/mol. The van der Waals surface area contributed by atoms with Crippen LogP contribution < -0.4 is 4.74 Å². The second-order valence-corrected chi connectivity index (χ2v) is 6.09. The lowest BCUT2D eigenvalue weighted by Crippen LogP contribution is -2.11. The highest BCUT2D eigenvalue weighted by Gasteiger charge is 2.08. The normalized spacial score (nSPS) is 11.1. The van der Waals surface area contributed by atoms with Gasteiger partial charge >= 0.3 is 0 Å². The molecule has 4 aromatic rings. The third-order valence-corrected chi connectivity index (χ3v) is 4.50. The third kappa shape index (κ3) is 3.42. The van der Waals surface area contributed by atoms with E-state index in [0.717, 1.165) is 37.5 Å². The molecule has 0 spiro atoms. The summed E-state index contributed by atoms with van der Waals surface area (Å²) < 4.78 is 9.13. The molecule has 4 rings (SSSR count). The summed E-state index contributed by atoms with van der Waals surface area (Å²) in [6, 6.07) is 14.4. The number of aryl methyl sites for hydroxylation is 4. The lowest BCUT2D eigenvalue weighted by Gasteiger charge is -2.09. The first-order valence-electron chi connectivity index (χ1n) is 8.61. The zero-order chi connectivity index (χ0) is 17.8. The van der Waals surface area contributed by atoms with Crippen molar-refractivity contribution in [3.8, 4) is 5.75 Å². The molecule has 0 unspecified atom stereocenters. The maximum absolute atomic E-state index is 5.37. The Labute approximate surface area is 151 Å². The summed E-state index contributed by atoms with van der Waals surface area (Å²) in [5, 5.41) is 18.8. The second kappa shape index (κ2) is 7.35. The summed E-state index contributed by atoms with van der Waals surface area (Å²) in [4.78, 5) is 0. The van der Waals surface area contributed by atoms with Crippen LogP contribution in [0.4, 0.5) is 0 Å². The molecule has 0 N–H and O–H groups in total. The lowest BCUT2D eigenvalue weighted by molar-refractivity contribution is 0.415. The van der Waals surface area contributed by atoms with E-state index in [2.05, 4.69) is 51.0 Å². The van der Waals surface area contributed by atoms with Crippen LogP contribution in [0.25, 0.3) is 10.8 Å². The van der Waals surface area contributed by atoms with Gasteiger partial charge in [-0.15, -0.1) is 5.10 Å². The molecule has 0 atom stereocenters. The Bertz CT molecular complexity index is 992. The number of hydrogen-bond donors (Lipinski definition) is 0.